The number of nitrogens with zero attached hydrogens (tertiary/aromatic N) is 2. The Bertz CT molecular complexity index is 277. The lowest BCUT2D eigenvalue weighted by Crippen LogP contribution is -2.36. The molecule has 4 aliphatic rings. The van der Waals surface area contributed by atoms with Gasteiger partial charge in [-0.15, -0.1) is 0 Å². The number of rotatable bonds is 2. The third-order valence-corrected chi connectivity index (χ3v) is 5.95. The minimum atomic E-state index is 0.951. The Hall–Kier alpha value is -0.0800. The number of hydrogen-bond donors (Lipinski definition) is 0. The molecule has 0 aromatic carbocycles. The maximum Gasteiger partial charge on any atom is 0.00966 e. The van der Waals surface area contributed by atoms with Gasteiger partial charge in [0.05, 0.1) is 0 Å². The van der Waals surface area contributed by atoms with Crippen LogP contribution in [0.2, 0.25) is 0 Å². The lowest BCUT2D eigenvalue weighted by molar-refractivity contribution is 0.186. The van der Waals surface area contributed by atoms with Gasteiger partial charge < -0.3 is 0 Å². The first kappa shape index (κ1) is 11.7. The maximum absolute atomic E-state index is 2.88. The highest BCUT2D eigenvalue weighted by Crippen LogP contribution is 2.39. The molecule has 0 aromatic rings. The van der Waals surface area contributed by atoms with Crippen LogP contribution in [0, 0.1) is 11.8 Å². The molecule has 0 spiro atoms. The van der Waals surface area contributed by atoms with Crippen LogP contribution in [0.15, 0.2) is 0 Å². The molecule has 0 radical (unpaired) electrons. The highest BCUT2D eigenvalue weighted by molar-refractivity contribution is 4.99. The summed E-state index contributed by atoms with van der Waals surface area (Å²) in [6.07, 6.45) is 11.9. The molecule has 2 heteroatoms. The van der Waals surface area contributed by atoms with Crippen LogP contribution in [0.3, 0.4) is 0 Å². The quantitative estimate of drug-likeness (QED) is 0.693. The van der Waals surface area contributed by atoms with Crippen LogP contribution in [0.1, 0.15) is 51.4 Å². The fraction of sp³-hybridized carbons (Fsp3) is 1.00. The fourth-order valence-electron chi connectivity index (χ4n) is 4.72. The van der Waals surface area contributed by atoms with Crippen molar-refractivity contribution in [3.8, 4) is 0 Å². The van der Waals surface area contributed by atoms with E-state index in [1.165, 1.54) is 77.5 Å². The van der Waals surface area contributed by atoms with Gasteiger partial charge in [-0.05, 0) is 37.5 Å². The van der Waals surface area contributed by atoms with Gasteiger partial charge in [-0.2, -0.15) is 0 Å². The Balaban J connectivity index is 1.34. The Morgan fingerprint density at radius 1 is 0.500 bits per heavy atom. The summed E-state index contributed by atoms with van der Waals surface area (Å²) in [5, 5.41) is 0. The van der Waals surface area contributed by atoms with Gasteiger partial charge in [-0.25, -0.2) is 0 Å². The number of fused-ring (bicyclic) bond motifs is 1. The molecule has 2 nitrogen and oxygen atoms in total. The predicted octanol–water partition coefficient (Wildman–Crippen LogP) is 2.74. The second-order valence-electron chi connectivity index (χ2n) is 7.30. The Kier molecular flexibility index (Phi) is 3.12. The van der Waals surface area contributed by atoms with Gasteiger partial charge in [0.25, 0.3) is 0 Å². The second-order valence-corrected chi connectivity index (χ2v) is 7.30. The zero-order valence-electron chi connectivity index (χ0n) is 11.7. The molecule has 2 saturated carbocycles. The van der Waals surface area contributed by atoms with Gasteiger partial charge in [0, 0.05) is 38.3 Å². The van der Waals surface area contributed by atoms with E-state index in [9.17, 15) is 0 Å². The van der Waals surface area contributed by atoms with E-state index < -0.39 is 0 Å². The van der Waals surface area contributed by atoms with E-state index in [-0.39, 0.29) is 0 Å². The van der Waals surface area contributed by atoms with Crippen molar-refractivity contribution in [1.82, 2.24) is 9.80 Å². The van der Waals surface area contributed by atoms with Gasteiger partial charge in [0.1, 0.15) is 0 Å². The highest BCUT2D eigenvalue weighted by atomic mass is 15.3. The van der Waals surface area contributed by atoms with E-state index >= 15 is 0 Å². The molecule has 4 rings (SSSR count). The van der Waals surface area contributed by atoms with E-state index in [0.717, 1.165) is 23.9 Å². The van der Waals surface area contributed by atoms with E-state index in [1.807, 2.05) is 0 Å². The van der Waals surface area contributed by atoms with Crippen molar-refractivity contribution < 1.29 is 0 Å². The van der Waals surface area contributed by atoms with Crippen molar-refractivity contribution in [2.45, 2.75) is 63.5 Å². The Morgan fingerprint density at radius 2 is 0.944 bits per heavy atom. The first-order valence-electron chi connectivity index (χ1n) is 8.38. The van der Waals surface area contributed by atoms with Crippen LogP contribution < -0.4 is 0 Å². The maximum atomic E-state index is 2.88. The Labute approximate surface area is 112 Å². The fourth-order valence-corrected chi connectivity index (χ4v) is 4.72. The van der Waals surface area contributed by atoms with Gasteiger partial charge in [-0.1, -0.05) is 25.7 Å². The summed E-state index contributed by atoms with van der Waals surface area (Å²) in [6.45, 7) is 5.72. The third-order valence-electron chi connectivity index (χ3n) is 5.95. The van der Waals surface area contributed by atoms with Crippen LogP contribution in [-0.2, 0) is 0 Å². The van der Waals surface area contributed by atoms with Gasteiger partial charge >= 0.3 is 0 Å². The molecule has 0 N–H and O–H groups in total. The van der Waals surface area contributed by atoms with Crippen molar-refractivity contribution >= 4 is 0 Å². The molecular formula is C16H28N2. The van der Waals surface area contributed by atoms with E-state index in [2.05, 4.69) is 9.80 Å². The Morgan fingerprint density at radius 3 is 1.39 bits per heavy atom. The largest absolute Gasteiger partial charge is 0.300 e. The lowest BCUT2D eigenvalue weighted by atomic mass is 10.0. The van der Waals surface area contributed by atoms with Gasteiger partial charge in [0.2, 0.25) is 0 Å². The molecule has 4 fully saturated rings. The van der Waals surface area contributed by atoms with Crippen molar-refractivity contribution in [2.75, 3.05) is 26.2 Å². The molecule has 0 bridgehead atoms. The van der Waals surface area contributed by atoms with Crippen molar-refractivity contribution in [2.24, 2.45) is 11.8 Å². The van der Waals surface area contributed by atoms with Crippen LogP contribution >= 0.6 is 0 Å². The topological polar surface area (TPSA) is 6.48 Å². The molecule has 2 aliphatic carbocycles. The summed E-state index contributed by atoms with van der Waals surface area (Å²) in [6, 6.07) is 1.95. The molecule has 2 heterocycles. The lowest BCUT2D eigenvalue weighted by Gasteiger charge is -2.28. The molecule has 0 aromatic heterocycles. The summed E-state index contributed by atoms with van der Waals surface area (Å²) in [4.78, 5) is 5.69. The molecule has 102 valence electrons. The molecule has 2 unspecified atom stereocenters. The molecule has 2 aliphatic heterocycles. The van der Waals surface area contributed by atoms with Crippen LogP contribution in [-0.4, -0.2) is 48.1 Å². The standard InChI is InChI=1S/C16H28N2/c1-2-4-6-15(5-3-1)17-9-13-11-18(16-7-8-16)12-14(13)10-17/h13-16H,1-12H2. The van der Waals surface area contributed by atoms with Crippen LogP contribution in [0.4, 0.5) is 0 Å². The van der Waals surface area contributed by atoms with E-state index in [4.69, 9.17) is 0 Å². The number of hydrogen-bond acceptors (Lipinski definition) is 2. The average molecular weight is 248 g/mol. The van der Waals surface area contributed by atoms with Crippen molar-refractivity contribution in [3.05, 3.63) is 0 Å². The van der Waals surface area contributed by atoms with Crippen LogP contribution in [0.5, 0.6) is 0 Å². The number of likely N-dealkylation sites (tertiary alicyclic amines) is 2. The molecular weight excluding hydrogens is 220 g/mol. The van der Waals surface area contributed by atoms with Gasteiger partial charge in [0.15, 0.2) is 0 Å². The second kappa shape index (κ2) is 4.79. The SMILES string of the molecule is C1CCCC(N2CC3CN(C4CC4)CC3C2)CC1. The molecule has 2 saturated heterocycles. The first-order chi connectivity index (χ1) is 8.90. The van der Waals surface area contributed by atoms with E-state index in [0.29, 0.717) is 0 Å². The third kappa shape index (κ3) is 2.22. The molecule has 2 atom stereocenters. The van der Waals surface area contributed by atoms with Crippen LogP contribution in [0.25, 0.3) is 0 Å². The smallest absolute Gasteiger partial charge is 0.00966 e. The van der Waals surface area contributed by atoms with Crippen molar-refractivity contribution in [1.29, 1.82) is 0 Å². The van der Waals surface area contributed by atoms with Crippen molar-refractivity contribution in [3.63, 3.8) is 0 Å². The minimum absolute atomic E-state index is 0.951. The first-order valence-corrected chi connectivity index (χ1v) is 8.38. The summed E-state index contributed by atoms with van der Waals surface area (Å²) in [5.41, 5.74) is 0. The van der Waals surface area contributed by atoms with E-state index in [1.54, 1.807) is 0 Å². The summed E-state index contributed by atoms with van der Waals surface area (Å²) in [5.74, 6) is 2.04. The summed E-state index contributed by atoms with van der Waals surface area (Å²) < 4.78 is 0. The zero-order chi connectivity index (χ0) is 11.9. The molecule has 0 amide bonds. The highest BCUT2D eigenvalue weighted by Gasteiger charge is 2.45. The monoisotopic (exact) mass is 248 g/mol. The summed E-state index contributed by atoms with van der Waals surface area (Å²) in [7, 11) is 0. The average Bonchev–Trinajstić information content (AvgIpc) is 3.09. The van der Waals surface area contributed by atoms with Gasteiger partial charge in [-0.3, -0.25) is 9.80 Å². The predicted molar refractivity (Wildman–Crippen MR) is 74.6 cm³/mol. The normalized spacial score (nSPS) is 40.0. The zero-order valence-corrected chi connectivity index (χ0v) is 11.7. The minimum Gasteiger partial charge on any atom is -0.300 e. The summed E-state index contributed by atoms with van der Waals surface area (Å²) >= 11 is 0. The molecule has 18 heavy (non-hydrogen) atoms.